The molecule has 15 heteroatoms. The molecule has 1 heterocycles. The molecule has 0 aliphatic rings. The lowest BCUT2D eigenvalue weighted by Crippen LogP contribution is -2.24. The quantitative estimate of drug-likeness (QED) is 0.191. The molecule has 1 aromatic heterocycles. The fraction of sp³-hybridized carbons (Fsp3) is 0.333. The molecule has 1 aromatic carbocycles. The summed E-state index contributed by atoms with van der Waals surface area (Å²) < 4.78 is 56.8. The standard InChI is InChI=1S/C18H17Cl2F3N4O5S/c1-4-31-16(28)8(2)17(29)32-25-7-12-14(33(3)30)15(24)27(26-12)13-10(19)5-9(6-11(13)20)18(21,22)23/h5-8H,4,24H2,1-3H3. The van der Waals surface area contributed by atoms with Gasteiger partial charge in [0, 0.05) is 6.26 Å². The van der Waals surface area contributed by atoms with E-state index in [1.54, 1.807) is 6.92 Å². The van der Waals surface area contributed by atoms with E-state index in [1.165, 1.54) is 13.2 Å². The number of oxime groups is 1. The number of hydrogen-bond acceptors (Lipinski definition) is 8. The monoisotopic (exact) mass is 528 g/mol. The molecular weight excluding hydrogens is 512 g/mol. The summed E-state index contributed by atoms with van der Waals surface area (Å²) in [5, 5.41) is 6.62. The van der Waals surface area contributed by atoms with Crippen LogP contribution in [0.1, 0.15) is 25.1 Å². The summed E-state index contributed by atoms with van der Waals surface area (Å²) in [6, 6.07) is 1.28. The molecule has 0 saturated heterocycles. The maximum atomic E-state index is 13.0. The number of rotatable bonds is 7. The summed E-state index contributed by atoms with van der Waals surface area (Å²) in [7, 11) is -1.75. The Bertz CT molecular complexity index is 1110. The molecule has 0 aliphatic carbocycles. The van der Waals surface area contributed by atoms with Gasteiger partial charge in [0.2, 0.25) is 0 Å². The number of nitrogens with two attached hydrogens (primary N) is 1. The minimum absolute atomic E-state index is 0.0666. The summed E-state index contributed by atoms with van der Waals surface area (Å²) in [5.41, 5.74) is 4.57. The van der Waals surface area contributed by atoms with Gasteiger partial charge in [-0.25, -0.2) is 9.48 Å². The van der Waals surface area contributed by atoms with E-state index < -0.39 is 50.4 Å². The molecule has 0 spiro atoms. The molecule has 0 fully saturated rings. The Balaban J connectivity index is 2.43. The molecule has 0 bridgehead atoms. The van der Waals surface area contributed by atoms with Crippen molar-refractivity contribution in [3.63, 3.8) is 0 Å². The first-order valence-corrected chi connectivity index (χ1v) is 11.3. The van der Waals surface area contributed by atoms with Crippen molar-refractivity contribution in [2.24, 2.45) is 11.1 Å². The molecule has 0 amide bonds. The number of benzene rings is 1. The Labute approximate surface area is 198 Å². The summed E-state index contributed by atoms with van der Waals surface area (Å²) in [6.45, 7) is 2.89. The number of alkyl halides is 3. The molecule has 0 aliphatic heterocycles. The van der Waals surface area contributed by atoms with E-state index in [9.17, 15) is 27.0 Å². The fourth-order valence-corrected chi connectivity index (χ4v) is 3.90. The molecule has 180 valence electrons. The van der Waals surface area contributed by atoms with Crippen LogP contribution >= 0.6 is 23.2 Å². The Morgan fingerprint density at radius 1 is 1.30 bits per heavy atom. The minimum Gasteiger partial charge on any atom is -0.465 e. The van der Waals surface area contributed by atoms with Crippen LogP contribution in [-0.4, -0.2) is 45.0 Å². The van der Waals surface area contributed by atoms with Crippen LogP contribution < -0.4 is 5.73 Å². The molecule has 0 saturated carbocycles. The third-order valence-corrected chi connectivity index (χ3v) is 5.63. The summed E-state index contributed by atoms with van der Waals surface area (Å²) >= 11 is 12.0. The summed E-state index contributed by atoms with van der Waals surface area (Å²) in [6.07, 6.45) is -2.54. The lowest BCUT2D eigenvalue weighted by molar-refractivity contribution is -0.160. The highest BCUT2D eigenvalue weighted by Gasteiger charge is 2.33. The highest BCUT2D eigenvalue weighted by atomic mass is 35.5. The fourth-order valence-electron chi connectivity index (χ4n) is 2.49. The number of halogens is 5. The highest BCUT2D eigenvalue weighted by Crippen LogP contribution is 2.38. The zero-order chi connectivity index (χ0) is 25.1. The zero-order valence-electron chi connectivity index (χ0n) is 17.3. The van der Waals surface area contributed by atoms with Crippen LogP contribution in [0.25, 0.3) is 5.69 Å². The van der Waals surface area contributed by atoms with Crippen LogP contribution in [0.2, 0.25) is 10.0 Å². The van der Waals surface area contributed by atoms with Gasteiger partial charge in [-0.3, -0.25) is 9.00 Å². The number of nitrogen functional groups attached to an aromatic ring is 1. The lowest BCUT2D eigenvalue weighted by Gasteiger charge is -2.13. The van der Waals surface area contributed by atoms with E-state index in [1.807, 2.05) is 0 Å². The number of anilines is 1. The van der Waals surface area contributed by atoms with Gasteiger partial charge in [0.25, 0.3) is 0 Å². The third-order valence-electron chi connectivity index (χ3n) is 4.06. The van der Waals surface area contributed by atoms with Gasteiger partial charge in [-0.05, 0) is 26.0 Å². The number of ether oxygens (including phenoxy) is 1. The average molecular weight is 529 g/mol. The summed E-state index contributed by atoms with van der Waals surface area (Å²) in [5.74, 6) is -3.33. The van der Waals surface area contributed by atoms with Gasteiger partial charge in [-0.15, -0.1) is 0 Å². The van der Waals surface area contributed by atoms with Crippen LogP contribution in [0.5, 0.6) is 0 Å². The van der Waals surface area contributed by atoms with Gasteiger partial charge in [-0.1, -0.05) is 28.4 Å². The first-order valence-electron chi connectivity index (χ1n) is 8.98. The van der Waals surface area contributed by atoms with Crippen molar-refractivity contribution < 1.29 is 36.5 Å². The molecule has 0 radical (unpaired) electrons. The first-order chi connectivity index (χ1) is 15.3. The molecule has 2 unspecified atom stereocenters. The predicted molar refractivity (Wildman–Crippen MR) is 115 cm³/mol. The van der Waals surface area contributed by atoms with Crippen molar-refractivity contribution in [1.29, 1.82) is 0 Å². The van der Waals surface area contributed by atoms with Crippen molar-refractivity contribution in [2.45, 2.75) is 24.9 Å². The SMILES string of the molecule is CCOC(=O)C(C)C(=O)ON=Cc1nn(-c2c(Cl)cc(C(F)(F)F)cc2Cl)c(N)c1S(C)=O. The van der Waals surface area contributed by atoms with Gasteiger partial charge in [-0.2, -0.15) is 18.3 Å². The molecule has 2 N–H and O–H groups in total. The second-order valence-electron chi connectivity index (χ2n) is 6.37. The Morgan fingerprint density at radius 3 is 2.36 bits per heavy atom. The number of carbonyl (C=O) groups excluding carboxylic acids is 2. The second-order valence-corrected chi connectivity index (χ2v) is 8.50. The molecule has 33 heavy (non-hydrogen) atoms. The van der Waals surface area contributed by atoms with Crippen LogP contribution in [-0.2, 0) is 36.1 Å². The van der Waals surface area contributed by atoms with Crippen molar-refractivity contribution in [3.05, 3.63) is 33.4 Å². The van der Waals surface area contributed by atoms with E-state index >= 15 is 0 Å². The third kappa shape index (κ3) is 6.03. The number of hydrogen-bond donors (Lipinski definition) is 1. The number of esters is 1. The van der Waals surface area contributed by atoms with Crippen molar-refractivity contribution in [2.75, 3.05) is 18.6 Å². The molecule has 2 atom stereocenters. The van der Waals surface area contributed by atoms with Crippen molar-refractivity contribution >= 4 is 58.0 Å². The topological polar surface area (TPSA) is 126 Å². The van der Waals surface area contributed by atoms with Gasteiger partial charge < -0.3 is 15.3 Å². The van der Waals surface area contributed by atoms with Gasteiger partial charge in [0.05, 0.1) is 39.2 Å². The maximum absolute atomic E-state index is 13.0. The first kappa shape index (κ1) is 26.6. The van der Waals surface area contributed by atoms with E-state index in [0.717, 1.165) is 10.9 Å². The molecule has 9 nitrogen and oxygen atoms in total. The van der Waals surface area contributed by atoms with Crippen molar-refractivity contribution in [3.8, 4) is 5.69 Å². The van der Waals surface area contributed by atoms with Crippen LogP contribution in [0, 0.1) is 5.92 Å². The molecular formula is C18H17Cl2F3N4O5S. The largest absolute Gasteiger partial charge is 0.465 e. The van der Waals surface area contributed by atoms with Crippen LogP contribution in [0.15, 0.2) is 22.2 Å². The maximum Gasteiger partial charge on any atom is 0.416 e. The van der Waals surface area contributed by atoms with E-state index in [-0.39, 0.29) is 28.7 Å². The second kappa shape index (κ2) is 10.5. The normalized spacial score (nSPS) is 13.7. The molecule has 2 rings (SSSR count). The van der Waals surface area contributed by atoms with Gasteiger partial charge in [0.15, 0.2) is 5.92 Å². The van der Waals surface area contributed by atoms with E-state index in [0.29, 0.717) is 12.1 Å². The van der Waals surface area contributed by atoms with Crippen LogP contribution in [0.4, 0.5) is 19.0 Å². The Morgan fingerprint density at radius 2 is 1.88 bits per heavy atom. The van der Waals surface area contributed by atoms with Gasteiger partial charge in [0.1, 0.15) is 22.1 Å². The number of nitrogens with zero attached hydrogens (tertiary/aromatic N) is 3. The minimum atomic E-state index is -4.69. The number of carbonyl (C=O) groups is 2. The predicted octanol–water partition coefficient (Wildman–Crippen LogP) is 3.59. The smallest absolute Gasteiger partial charge is 0.416 e. The molecule has 2 aromatic rings. The van der Waals surface area contributed by atoms with E-state index in [2.05, 4.69) is 15.1 Å². The Hall–Kier alpha value is -2.64. The van der Waals surface area contributed by atoms with E-state index in [4.69, 9.17) is 33.7 Å². The lowest BCUT2D eigenvalue weighted by atomic mass is 10.2. The Kier molecular flexibility index (Phi) is 8.49. The van der Waals surface area contributed by atoms with Gasteiger partial charge >= 0.3 is 18.1 Å². The average Bonchev–Trinajstić information content (AvgIpc) is 3.02. The highest BCUT2D eigenvalue weighted by molar-refractivity contribution is 7.84. The zero-order valence-corrected chi connectivity index (χ0v) is 19.6. The van der Waals surface area contributed by atoms with Crippen LogP contribution in [0.3, 0.4) is 0 Å². The summed E-state index contributed by atoms with van der Waals surface area (Å²) in [4.78, 5) is 28.0. The van der Waals surface area contributed by atoms with Crippen molar-refractivity contribution in [1.82, 2.24) is 9.78 Å². The number of aromatic nitrogens is 2.